The van der Waals surface area contributed by atoms with Gasteiger partial charge in [0.25, 0.3) is 0 Å². The fraction of sp³-hybridized carbons (Fsp3) is 0.0588. The maximum absolute atomic E-state index is 13.7. The Morgan fingerprint density at radius 2 is 1.83 bits per heavy atom. The van der Waals surface area contributed by atoms with Crippen molar-refractivity contribution in [3.05, 3.63) is 54.1 Å². The Bertz CT molecular complexity index is 1190. The van der Waals surface area contributed by atoms with Crippen LogP contribution >= 0.6 is 0 Å². The average Bonchev–Trinajstić information content (AvgIpc) is 3.24. The van der Waals surface area contributed by atoms with Crippen molar-refractivity contribution in [1.82, 2.24) is 25.0 Å². The van der Waals surface area contributed by atoms with Crippen molar-refractivity contribution in [3.63, 3.8) is 0 Å². The number of fused-ring (bicyclic) bond motifs is 4. The van der Waals surface area contributed by atoms with Gasteiger partial charge in [-0.15, -0.1) is 0 Å². The molecule has 112 valence electrons. The summed E-state index contributed by atoms with van der Waals surface area (Å²) >= 11 is 0. The van der Waals surface area contributed by atoms with E-state index in [9.17, 15) is 4.39 Å². The molecular formula is C17H12FN5. The van der Waals surface area contributed by atoms with Crippen LogP contribution in [-0.2, 0) is 0 Å². The van der Waals surface area contributed by atoms with Crippen LogP contribution in [0.1, 0.15) is 5.56 Å². The number of rotatable bonds is 1. The third kappa shape index (κ3) is 1.55. The second kappa shape index (κ2) is 4.19. The molecular weight excluding hydrogens is 293 g/mol. The largest absolute Gasteiger partial charge is 0.306 e. The number of benzene rings is 2. The van der Waals surface area contributed by atoms with Crippen molar-refractivity contribution in [3.8, 4) is 5.69 Å². The Morgan fingerprint density at radius 1 is 0.957 bits per heavy atom. The zero-order chi connectivity index (χ0) is 15.6. The summed E-state index contributed by atoms with van der Waals surface area (Å²) in [6.45, 7) is 2.06. The molecule has 3 heterocycles. The van der Waals surface area contributed by atoms with Gasteiger partial charge in [-0.2, -0.15) is 10.2 Å². The fourth-order valence-corrected chi connectivity index (χ4v) is 3.33. The number of aryl methyl sites for hydroxylation is 1. The maximum atomic E-state index is 13.7. The Labute approximate surface area is 129 Å². The standard InChI is InChI=1S/C17H12FN5/c1-9-12-7-19-21-13(12)3-5-14(9)23-15-4-2-10(18)6-11(15)17-16(23)8-20-22-17/h2-8H,1H3,(H,19,21)(H,20,22). The first-order chi connectivity index (χ1) is 11.2. The first-order valence-electron chi connectivity index (χ1n) is 7.30. The van der Waals surface area contributed by atoms with Crippen molar-refractivity contribution in [1.29, 1.82) is 0 Å². The highest BCUT2D eigenvalue weighted by molar-refractivity contribution is 6.07. The van der Waals surface area contributed by atoms with Crippen LogP contribution in [0.4, 0.5) is 4.39 Å². The molecule has 23 heavy (non-hydrogen) atoms. The van der Waals surface area contributed by atoms with Crippen LogP contribution in [0.15, 0.2) is 42.7 Å². The van der Waals surface area contributed by atoms with Crippen LogP contribution in [0.2, 0.25) is 0 Å². The van der Waals surface area contributed by atoms with E-state index in [1.165, 1.54) is 12.1 Å². The molecule has 0 saturated carbocycles. The number of nitrogens with zero attached hydrogens (tertiary/aromatic N) is 3. The number of aromatic amines is 2. The van der Waals surface area contributed by atoms with Crippen molar-refractivity contribution < 1.29 is 4.39 Å². The van der Waals surface area contributed by atoms with E-state index in [1.54, 1.807) is 12.3 Å². The van der Waals surface area contributed by atoms with Gasteiger partial charge in [-0.3, -0.25) is 10.2 Å². The molecule has 0 atom stereocenters. The van der Waals surface area contributed by atoms with Gasteiger partial charge < -0.3 is 4.57 Å². The lowest BCUT2D eigenvalue weighted by atomic mass is 10.1. The van der Waals surface area contributed by atoms with Gasteiger partial charge in [0.2, 0.25) is 0 Å². The van der Waals surface area contributed by atoms with Gasteiger partial charge in [-0.05, 0) is 42.8 Å². The van der Waals surface area contributed by atoms with Crippen LogP contribution in [0, 0.1) is 12.7 Å². The monoisotopic (exact) mass is 305 g/mol. The van der Waals surface area contributed by atoms with Gasteiger partial charge in [0.1, 0.15) is 5.82 Å². The normalized spacial score (nSPS) is 11.9. The van der Waals surface area contributed by atoms with Gasteiger partial charge in [0, 0.05) is 10.8 Å². The molecule has 5 rings (SSSR count). The van der Waals surface area contributed by atoms with Gasteiger partial charge in [-0.1, -0.05) is 0 Å². The van der Waals surface area contributed by atoms with Crippen LogP contribution < -0.4 is 0 Å². The minimum absolute atomic E-state index is 0.256. The van der Waals surface area contributed by atoms with Crippen LogP contribution in [0.5, 0.6) is 0 Å². The van der Waals surface area contributed by atoms with E-state index in [0.717, 1.165) is 44.1 Å². The molecule has 0 fully saturated rings. The van der Waals surface area contributed by atoms with E-state index in [0.29, 0.717) is 0 Å². The van der Waals surface area contributed by atoms with Gasteiger partial charge in [-0.25, -0.2) is 4.39 Å². The van der Waals surface area contributed by atoms with Crippen LogP contribution in [-0.4, -0.2) is 25.0 Å². The summed E-state index contributed by atoms with van der Waals surface area (Å²) in [6, 6.07) is 8.88. The van der Waals surface area contributed by atoms with Crippen LogP contribution in [0.25, 0.3) is 38.5 Å². The Hall–Kier alpha value is -3.15. The van der Waals surface area contributed by atoms with E-state index in [4.69, 9.17) is 0 Å². The minimum Gasteiger partial charge on any atom is -0.306 e. The molecule has 5 aromatic rings. The zero-order valence-electron chi connectivity index (χ0n) is 12.3. The number of hydrogen-bond donors (Lipinski definition) is 2. The Balaban J connectivity index is 1.97. The summed E-state index contributed by atoms with van der Waals surface area (Å²) in [5.41, 5.74) is 5.86. The van der Waals surface area contributed by atoms with E-state index < -0.39 is 0 Å². The number of hydrogen-bond acceptors (Lipinski definition) is 2. The van der Waals surface area contributed by atoms with E-state index in [1.807, 2.05) is 18.3 Å². The molecule has 5 nitrogen and oxygen atoms in total. The molecule has 0 unspecified atom stereocenters. The van der Waals surface area contributed by atoms with E-state index >= 15 is 0 Å². The van der Waals surface area contributed by atoms with Crippen molar-refractivity contribution >= 4 is 32.8 Å². The zero-order valence-corrected chi connectivity index (χ0v) is 12.3. The molecule has 0 bridgehead atoms. The summed E-state index contributed by atoms with van der Waals surface area (Å²) in [5.74, 6) is -0.256. The topological polar surface area (TPSA) is 62.3 Å². The molecule has 6 heteroatoms. The van der Waals surface area contributed by atoms with Crippen LogP contribution in [0.3, 0.4) is 0 Å². The molecule has 3 aromatic heterocycles. The summed E-state index contributed by atoms with van der Waals surface area (Å²) < 4.78 is 15.8. The van der Waals surface area contributed by atoms with Crippen molar-refractivity contribution in [2.75, 3.05) is 0 Å². The molecule has 0 amide bonds. The molecule has 2 N–H and O–H groups in total. The van der Waals surface area contributed by atoms with E-state index in [2.05, 4.69) is 31.9 Å². The minimum atomic E-state index is -0.256. The highest BCUT2D eigenvalue weighted by atomic mass is 19.1. The van der Waals surface area contributed by atoms with Gasteiger partial charge in [0.05, 0.1) is 40.1 Å². The number of halogens is 1. The predicted octanol–water partition coefficient (Wildman–Crippen LogP) is 3.83. The average molecular weight is 305 g/mol. The quantitative estimate of drug-likeness (QED) is 0.494. The SMILES string of the molecule is Cc1c(-n2c3ccc(F)cc3c3[nH]ncc32)ccc2[nH]ncc12. The second-order valence-corrected chi connectivity index (χ2v) is 5.67. The van der Waals surface area contributed by atoms with E-state index in [-0.39, 0.29) is 5.82 Å². The molecule has 0 spiro atoms. The highest BCUT2D eigenvalue weighted by Crippen LogP contribution is 2.33. The summed E-state index contributed by atoms with van der Waals surface area (Å²) in [7, 11) is 0. The van der Waals surface area contributed by atoms with Crippen molar-refractivity contribution in [2.45, 2.75) is 6.92 Å². The smallest absolute Gasteiger partial charge is 0.124 e. The highest BCUT2D eigenvalue weighted by Gasteiger charge is 2.16. The Kier molecular flexibility index (Phi) is 2.26. The maximum Gasteiger partial charge on any atom is 0.124 e. The first kappa shape index (κ1) is 12.4. The summed E-state index contributed by atoms with van der Waals surface area (Å²) in [4.78, 5) is 0. The predicted molar refractivity (Wildman–Crippen MR) is 87.3 cm³/mol. The molecule has 0 radical (unpaired) electrons. The molecule has 0 aliphatic carbocycles. The summed E-state index contributed by atoms with van der Waals surface area (Å²) in [6.07, 6.45) is 3.60. The molecule has 0 aliphatic heterocycles. The van der Waals surface area contributed by atoms with Gasteiger partial charge in [0.15, 0.2) is 0 Å². The Morgan fingerprint density at radius 3 is 2.74 bits per heavy atom. The molecule has 0 aliphatic rings. The lowest BCUT2D eigenvalue weighted by molar-refractivity contribution is 0.629. The number of aromatic nitrogens is 5. The second-order valence-electron chi connectivity index (χ2n) is 5.67. The molecule has 0 saturated heterocycles. The number of nitrogens with one attached hydrogen (secondary N) is 2. The first-order valence-corrected chi connectivity index (χ1v) is 7.30. The van der Waals surface area contributed by atoms with Crippen molar-refractivity contribution in [2.24, 2.45) is 0 Å². The fourth-order valence-electron chi connectivity index (χ4n) is 3.33. The molecule has 2 aromatic carbocycles. The van der Waals surface area contributed by atoms with Gasteiger partial charge >= 0.3 is 0 Å². The third-order valence-corrected chi connectivity index (χ3v) is 4.43. The number of H-pyrrole nitrogens is 2. The third-order valence-electron chi connectivity index (χ3n) is 4.43. The summed E-state index contributed by atoms with van der Waals surface area (Å²) in [5, 5.41) is 16.1. The lowest BCUT2D eigenvalue weighted by Gasteiger charge is -2.11. The lowest BCUT2D eigenvalue weighted by Crippen LogP contribution is -1.97.